The molecule has 6 heteroatoms. The number of carbonyl (C=O) groups excluding carboxylic acids is 1. The van der Waals surface area contributed by atoms with Gasteiger partial charge in [0.05, 0.1) is 13.1 Å². The number of hydrogen-bond acceptors (Lipinski definition) is 2. The van der Waals surface area contributed by atoms with E-state index in [1.165, 1.54) is 5.56 Å². The van der Waals surface area contributed by atoms with E-state index in [-0.39, 0.29) is 12.5 Å². The van der Waals surface area contributed by atoms with Gasteiger partial charge in [-0.15, -0.1) is 0 Å². The van der Waals surface area contributed by atoms with Crippen LogP contribution in [-0.2, 0) is 11.3 Å². The number of benzene rings is 1. The van der Waals surface area contributed by atoms with Gasteiger partial charge in [-0.2, -0.15) is 0 Å². The van der Waals surface area contributed by atoms with Crippen LogP contribution >= 0.6 is 15.9 Å². The number of carbonyl (C=O) groups is 1. The van der Waals surface area contributed by atoms with Crippen molar-refractivity contribution in [1.82, 2.24) is 15.5 Å². The quantitative estimate of drug-likeness (QED) is 0.452. The van der Waals surface area contributed by atoms with E-state index < -0.39 is 0 Å². The standard InChI is InChI=1S/C17H25BrN4O/c1-12(2)9-19-17(21-11-16(23)22(4)5)20-10-14-6-7-15(18)8-13(14)3/h6-8H,1,9-11H2,2-5H3,(H2,19,20,21). The summed E-state index contributed by atoms with van der Waals surface area (Å²) in [5.41, 5.74) is 3.31. The zero-order chi connectivity index (χ0) is 17.4. The molecule has 1 aromatic rings. The first kappa shape index (κ1) is 19.2. The fraction of sp³-hybridized carbons (Fsp3) is 0.412. The summed E-state index contributed by atoms with van der Waals surface area (Å²) in [4.78, 5) is 17.8. The van der Waals surface area contributed by atoms with Crippen LogP contribution in [0.4, 0.5) is 0 Å². The van der Waals surface area contributed by atoms with Crippen LogP contribution in [0.2, 0.25) is 0 Å². The summed E-state index contributed by atoms with van der Waals surface area (Å²) < 4.78 is 1.05. The lowest BCUT2D eigenvalue weighted by molar-refractivity contribution is -0.127. The number of rotatable bonds is 6. The van der Waals surface area contributed by atoms with E-state index in [0.717, 1.165) is 15.6 Å². The Morgan fingerprint density at radius 3 is 2.52 bits per heavy atom. The zero-order valence-corrected chi connectivity index (χ0v) is 15.8. The second kappa shape index (κ2) is 9.35. The lowest BCUT2D eigenvalue weighted by atomic mass is 10.1. The fourth-order valence-electron chi connectivity index (χ4n) is 1.73. The molecule has 23 heavy (non-hydrogen) atoms. The maximum Gasteiger partial charge on any atom is 0.241 e. The maximum absolute atomic E-state index is 11.7. The molecule has 0 spiro atoms. The van der Waals surface area contributed by atoms with Crippen molar-refractivity contribution >= 4 is 27.8 Å². The van der Waals surface area contributed by atoms with Crippen molar-refractivity contribution in [2.24, 2.45) is 4.99 Å². The highest BCUT2D eigenvalue weighted by atomic mass is 79.9. The summed E-state index contributed by atoms with van der Waals surface area (Å²) in [6, 6.07) is 6.11. The highest BCUT2D eigenvalue weighted by Gasteiger charge is 2.06. The topological polar surface area (TPSA) is 56.7 Å². The molecule has 0 aliphatic rings. The minimum absolute atomic E-state index is 0.00496. The molecule has 0 saturated carbocycles. The van der Waals surface area contributed by atoms with Crippen LogP contribution in [-0.4, -0.2) is 44.0 Å². The molecule has 1 aromatic carbocycles. The predicted molar refractivity (Wildman–Crippen MR) is 99.5 cm³/mol. The number of guanidine groups is 1. The molecule has 2 N–H and O–H groups in total. The Morgan fingerprint density at radius 1 is 1.30 bits per heavy atom. The summed E-state index contributed by atoms with van der Waals surface area (Å²) in [6.07, 6.45) is 0. The van der Waals surface area contributed by atoms with Crippen molar-refractivity contribution < 1.29 is 4.79 Å². The molecule has 0 aliphatic carbocycles. The van der Waals surface area contributed by atoms with Gasteiger partial charge in [0.2, 0.25) is 5.91 Å². The van der Waals surface area contributed by atoms with Gasteiger partial charge in [0, 0.05) is 25.1 Å². The molecular weight excluding hydrogens is 356 g/mol. The van der Waals surface area contributed by atoms with E-state index in [1.807, 2.05) is 19.1 Å². The van der Waals surface area contributed by atoms with Gasteiger partial charge in [-0.05, 0) is 37.1 Å². The minimum Gasteiger partial charge on any atom is -0.353 e. The minimum atomic E-state index is -0.00496. The van der Waals surface area contributed by atoms with Crippen LogP contribution in [0.3, 0.4) is 0 Å². The monoisotopic (exact) mass is 380 g/mol. The van der Waals surface area contributed by atoms with Crippen molar-refractivity contribution in [3.63, 3.8) is 0 Å². The molecule has 0 unspecified atom stereocenters. The molecule has 0 saturated heterocycles. The molecule has 0 heterocycles. The third kappa shape index (κ3) is 7.32. The smallest absolute Gasteiger partial charge is 0.241 e. The third-order valence-electron chi connectivity index (χ3n) is 3.18. The van der Waals surface area contributed by atoms with Crippen molar-refractivity contribution in [2.45, 2.75) is 20.4 Å². The van der Waals surface area contributed by atoms with Crippen LogP contribution in [0.5, 0.6) is 0 Å². The average Bonchev–Trinajstić information content (AvgIpc) is 2.47. The van der Waals surface area contributed by atoms with Gasteiger partial charge >= 0.3 is 0 Å². The number of aryl methyl sites for hydroxylation is 1. The van der Waals surface area contributed by atoms with Crippen molar-refractivity contribution in [2.75, 3.05) is 27.2 Å². The number of aliphatic imine (C=N–C) groups is 1. The number of halogens is 1. The molecular formula is C17H25BrN4O. The normalized spacial score (nSPS) is 11.1. The highest BCUT2D eigenvalue weighted by molar-refractivity contribution is 9.10. The Hall–Kier alpha value is -1.82. The van der Waals surface area contributed by atoms with Crippen LogP contribution in [0.25, 0.3) is 0 Å². The first-order valence-electron chi connectivity index (χ1n) is 7.41. The molecule has 1 rings (SSSR count). The fourth-order valence-corrected chi connectivity index (χ4v) is 2.20. The summed E-state index contributed by atoms with van der Waals surface area (Å²) in [6.45, 7) is 9.22. The predicted octanol–water partition coefficient (Wildman–Crippen LogP) is 2.46. The Labute approximate surface area is 147 Å². The molecule has 0 aromatic heterocycles. The van der Waals surface area contributed by atoms with E-state index in [9.17, 15) is 4.79 Å². The number of nitrogens with zero attached hydrogens (tertiary/aromatic N) is 2. The molecule has 5 nitrogen and oxygen atoms in total. The van der Waals surface area contributed by atoms with E-state index in [2.05, 4.69) is 51.1 Å². The van der Waals surface area contributed by atoms with Crippen LogP contribution < -0.4 is 10.6 Å². The van der Waals surface area contributed by atoms with Gasteiger partial charge in [0.1, 0.15) is 0 Å². The summed E-state index contributed by atoms with van der Waals surface area (Å²) >= 11 is 3.46. The lowest BCUT2D eigenvalue weighted by Crippen LogP contribution is -2.43. The first-order chi connectivity index (χ1) is 10.8. The van der Waals surface area contributed by atoms with E-state index in [1.54, 1.807) is 19.0 Å². The summed E-state index contributed by atoms with van der Waals surface area (Å²) in [7, 11) is 3.46. The molecule has 0 radical (unpaired) electrons. The molecule has 1 amide bonds. The number of amides is 1. The highest BCUT2D eigenvalue weighted by Crippen LogP contribution is 2.16. The second-order valence-electron chi connectivity index (χ2n) is 5.69. The van der Waals surface area contributed by atoms with E-state index >= 15 is 0 Å². The Morgan fingerprint density at radius 2 is 1.96 bits per heavy atom. The van der Waals surface area contributed by atoms with Crippen LogP contribution in [0.1, 0.15) is 18.1 Å². The summed E-state index contributed by atoms with van der Waals surface area (Å²) in [5.74, 6) is 0.597. The molecule has 0 bridgehead atoms. The molecule has 0 atom stereocenters. The molecule has 126 valence electrons. The van der Waals surface area contributed by atoms with Crippen molar-refractivity contribution in [1.29, 1.82) is 0 Å². The van der Waals surface area contributed by atoms with Crippen LogP contribution in [0, 0.1) is 6.92 Å². The SMILES string of the molecule is C=C(C)CNC(=NCc1ccc(Br)cc1C)NCC(=O)N(C)C. The van der Waals surface area contributed by atoms with Crippen LogP contribution in [0.15, 0.2) is 39.8 Å². The summed E-state index contributed by atoms with van der Waals surface area (Å²) in [5, 5.41) is 6.23. The van der Waals surface area contributed by atoms with Gasteiger partial charge in [-0.3, -0.25) is 4.79 Å². The second-order valence-corrected chi connectivity index (χ2v) is 6.60. The largest absolute Gasteiger partial charge is 0.353 e. The first-order valence-corrected chi connectivity index (χ1v) is 8.20. The van der Waals surface area contributed by atoms with E-state index in [4.69, 9.17) is 0 Å². The average molecular weight is 381 g/mol. The number of likely N-dealkylation sites (N-methyl/N-ethyl adjacent to an activating group) is 1. The van der Waals surface area contributed by atoms with Gasteiger partial charge < -0.3 is 15.5 Å². The van der Waals surface area contributed by atoms with Gasteiger partial charge in [-0.1, -0.05) is 34.1 Å². The number of nitrogens with one attached hydrogen (secondary N) is 2. The lowest BCUT2D eigenvalue weighted by Gasteiger charge is -2.15. The molecule has 0 fully saturated rings. The molecule has 0 aliphatic heterocycles. The van der Waals surface area contributed by atoms with Gasteiger partial charge in [0.15, 0.2) is 5.96 Å². The van der Waals surface area contributed by atoms with Crippen molar-refractivity contribution in [3.05, 3.63) is 46.0 Å². The van der Waals surface area contributed by atoms with Gasteiger partial charge in [-0.25, -0.2) is 4.99 Å². The number of hydrogen-bond donors (Lipinski definition) is 2. The third-order valence-corrected chi connectivity index (χ3v) is 3.67. The van der Waals surface area contributed by atoms with Crippen molar-refractivity contribution in [3.8, 4) is 0 Å². The van der Waals surface area contributed by atoms with E-state index in [0.29, 0.717) is 19.0 Å². The Kier molecular flexibility index (Phi) is 7.81. The Bertz CT molecular complexity index is 596. The Balaban J connectivity index is 2.76. The van der Waals surface area contributed by atoms with Gasteiger partial charge in [0.25, 0.3) is 0 Å². The zero-order valence-electron chi connectivity index (χ0n) is 14.2. The maximum atomic E-state index is 11.7.